The Bertz CT molecular complexity index is 862. The van der Waals surface area contributed by atoms with E-state index in [1.165, 1.54) is 5.69 Å². The van der Waals surface area contributed by atoms with Crippen molar-refractivity contribution in [2.75, 3.05) is 36.5 Å². The summed E-state index contributed by atoms with van der Waals surface area (Å²) in [6, 6.07) is 16.2. The lowest BCUT2D eigenvalue weighted by molar-refractivity contribution is 0.122. The minimum atomic E-state index is 0.696. The summed E-state index contributed by atoms with van der Waals surface area (Å²) in [6.45, 7) is 3.43. The van der Waals surface area contributed by atoms with Gasteiger partial charge in [-0.15, -0.1) is 0 Å². The highest BCUT2D eigenvalue weighted by molar-refractivity contribution is 6.31. The first-order valence-corrected chi connectivity index (χ1v) is 8.41. The fourth-order valence-electron chi connectivity index (χ4n) is 2.99. The lowest BCUT2D eigenvalue weighted by atomic mass is 10.1. The topological polar surface area (TPSA) is 37.4 Å². The number of morpholine rings is 1. The molecule has 1 fully saturated rings. The molecule has 4 rings (SSSR count). The van der Waals surface area contributed by atoms with E-state index >= 15 is 0 Å². The Labute approximate surface area is 146 Å². The highest BCUT2D eigenvalue weighted by Crippen LogP contribution is 2.28. The van der Waals surface area contributed by atoms with Crippen LogP contribution >= 0.6 is 11.6 Å². The normalized spacial score (nSPS) is 14.8. The summed E-state index contributed by atoms with van der Waals surface area (Å²) in [4.78, 5) is 6.74. The Kier molecular flexibility index (Phi) is 4.24. The second kappa shape index (κ2) is 6.67. The maximum Gasteiger partial charge on any atom is 0.0737 e. The van der Waals surface area contributed by atoms with E-state index in [1.54, 1.807) is 6.20 Å². The largest absolute Gasteiger partial charge is 0.378 e. The quantitative estimate of drug-likeness (QED) is 0.764. The van der Waals surface area contributed by atoms with Crippen LogP contribution in [-0.2, 0) is 4.74 Å². The summed E-state index contributed by atoms with van der Waals surface area (Å²) in [5.41, 5.74) is 4.18. The molecule has 24 heavy (non-hydrogen) atoms. The van der Waals surface area contributed by atoms with Crippen LogP contribution in [0.2, 0.25) is 5.02 Å². The van der Waals surface area contributed by atoms with Gasteiger partial charge < -0.3 is 15.0 Å². The molecule has 0 unspecified atom stereocenters. The number of rotatable bonds is 3. The summed E-state index contributed by atoms with van der Waals surface area (Å²) >= 11 is 6.06. The zero-order valence-electron chi connectivity index (χ0n) is 13.2. The summed E-state index contributed by atoms with van der Waals surface area (Å²) < 4.78 is 5.43. The van der Waals surface area contributed by atoms with Gasteiger partial charge in [-0.2, -0.15) is 0 Å². The fraction of sp³-hybridized carbons (Fsp3) is 0.211. The van der Waals surface area contributed by atoms with Gasteiger partial charge in [0.2, 0.25) is 0 Å². The number of nitrogens with zero attached hydrogens (tertiary/aromatic N) is 2. The van der Waals surface area contributed by atoms with Crippen molar-refractivity contribution in [2.45, 2.75) is 0 Å². The maximum absolute atomic E-state index is 6.06. The van der Waals surface area contributed by atoms with Crippen LogP contribution in [0.3, 0.4) is 0 Å². The van der Waals surface area contributed by atoms with Crippen molar-refractivity contribution in [2.24, 2.45) is 0 Å². The van der Waals surface area contributed by atoms with Crippen LogP contribution in [0.15, 0.2) is 54.7 Å². The molecule has 0 aliphatic carbocycles. The number of nitrogens with one attached hydrogen (secondary N) is 1. The monoisotopic (exact) mass is 339 g/mol. The third kappa shape index (κ3) is 3.16. The Morgan fingerprint density at radius 3 is 2.79 bits per heavy atom. The van der Waals surface area contributed by atoms with Crippen molar-refractivity contribution in [1.82, 2.24) is 4.98 Å². The Hall–Kier alpha value is -2.30. The first-order chi connectivity index (χ1) is 11.8. The van der Waals surface area contributed by atoms with E-state index in [2.05, 4.69) is 39.5 Å². The molecule has 4 nitrogen and oxygen atoms in total. The van der Waals surface area contributed by atoms with Crippen molar-refractivity contribution in [3.8, 4) is 0 Å². The molecule has 0 atom stereocenters. The average Bonchev–Trinajstić information content (AvgIpc) is 2.63. The van der Waals surface area contributed by atoms with E-state index in [4.69, 9.17) is 16.3 Å². The van der Waals surface area contributed by atoms with Gasteiger partial charge in [-0.25, -0.2) is 0 Å². The Balaban J connectivity index is 1.63. The number of pyridine rings is 1. The van der Waals surface area contributed by atoms with Crippen LogP contribution in [0, 0.1) is 0 Å². The number of ether oxygens (including phenoxy) is 1. The van der Waals surface area contributed by atoms with Gasteiger partial charge >= 0.3 is 0 Å². The number of aromatic nitrogens is 1. The van der Waals surface area contributed by atoms with Gasteiger partial charge in [0.15, 0.2) is 0 Å². The number of benzene rings is 2. The molecule has 0 bridgehead atoms. The van der Waals surface area contributed by atoms with Crippen LogP contribution < -0.4 is 10.2 Å². The second-order valence-corrected chi connectivity index (χ2v) is 6.23. The standard InChI is InChI=1S/C19H18ClN3O/c20-14-4-5-17-18(6-7-21-19(17)12-14)22-15-2-1-3-16(13-15)23-8-10-24-11-9-23/h1-7,12-13H,8-11H2,(H,21,22). The van der Waals surface area contributed by atoms with Crippen molar-refractivity contribution >= 4 is 39.6 Å². The third-order valence-electron chi connectivity index (χ3n) is 4.21. The van der Waals surface area contributed by atoms with Gasteiger partial charge in [0, 0.05) is 46.8 Å². The first-order valence-electron chi connectivity index (χ1n) is 8.04. The SMILES string of the molecule is Clc1ccc2c(Nc3cccc(N4CCOCC4)c3)ccnc2c1. The summed E-state index contributed by atoms with van der Waals surface area (Å²) in [5, 5.41) is 5.25. The minimum Gasteiger partial charge on any atom is -0.378 e. The molecule has 1 aliphatic rings. The first kappa shape index (κ1) is 15.2. The molecular formula is C19H18ClN3O. The van der Waals surface area contributed by atoms with Gasteiger partial charge in [-0.1, -0.05) is 17.7 Å². The molecule has 1 aromatic heterocycles. The van der Waals surface area contributed by atoms with Crippen LogP contribution in [-0.4, -0.2) is 31.3 Å². The van der Waals surface area contributed by atoms with E-state index in [1.807, 2.05) is 24.3 Å². The van der Waals surface area contributed by atoms with Gasteiger partial charge in [0.05, 0.1) is 18.7 Å². The van der Waals surface area contributed by atoms with E-state index in [0.29, 0.717) is 5.02 Å². The smallest absolute Gasteiger partial charge is 0.0737 e. The van der Waals surface area contributed by atoms with Crippen LogP contribution in [0.1, 0.15) is 0 Å². The fourth-order valence-corrected chi connectivity index (χ4v) is 3.15. The predicted molar refractivity (Wildman–Crippen MR) is 99.5 cm³/mol. The molecule has 1 saturated heterocycles. The van der Waals surface area contributed by atoms with Gasteiger partial charge in [0.25, 0.3) is 0 Å². The summed E-state index contributed by atoms with van der Waals surface area (Å²) in [5.74, 6) is 0. The lowest BCUT2D eigenvalue weighted by Crippen LogP contribution is -2.36. The molecule has 0 radical (unpaired) electrons. The number of fused-ring (bicyclic) bond motifs is 1. The highest BCUT2D eigenvalue weighted by Gasteiger charge is 2.11. The Morgan fingerprint density at radius 1 is 1.04 bits per heavy atom. The van der Waals surface area contributed by atoms with Gasteiger partial charge in [0.1, 0.15) is 0 Å². The van der Waals surface area contributed by atoms with Crippen LogP contribution in [0.25, 0.3) is 10.9 Å². The van der Waals surface area contributed by atoms with Crippen molar-refractivity contribution in [1.29, 1.82) is 0 Å². The van der Waals surface area contributed by atoms with E-state index < -0.39 is 0 Å². The Morgan fingerprint density at radius 2 is 1.92 bits per heavy atom. The van der Waals surface area contributed by atoms with Crippen molar-refractivity contribution in [3.05, 3.63) is 59.8 Å². The molecule has 122 valence electrons. The average molecular weight is 340 g/mol. The van der Waals surface area contributed by atoms with E-state index in [9.17, 15) is 0 Å². The molecular weight excluding hydrogens is 322 g/mol. The maximum atomic E-state index is 6.06. The zero-order valence-corrected chi connectivity index (χ0v) is 14.0. The molecule has 1 N–H and O–H groups in total. The molecule has 1 aliphatic heterocycles. The summed E-state index contributed by atoms with van der Waals surface area (Å²) in [7, 11) is 0. The third-order valence-corrected chi connectivity index (χ3v) is 4.44. The number of hydrogen-bond acceptors (Lipinski definition) is 4. The van der Waals surface area contributed by atoms with Crippen molar-refractivity contribution in [3.63, 3.8) is 0 Å². The highest BCUT2D eigenvalue weighted by atomic mass is 35.5. The zero-order chi connectivity index (χ0) is 16.4. The van der Waals surface area contributed by atoms with E-state index in [-0.39, 0.29) is 0 Å². The lowest BCUT2D eigenvalue weighted by Gasteiger charge is -2.29. The molecule has 0 spiro atoms. The number of hydrogen-bond donors (Lipinski definition) is 1. The molecule has 0 saturated carbocycles. The van der Waals surface area contributed by atoms with E-state index in [0.717, 1.165) is 48.6 Å². The molecule has 2 heterocycles. The molecule has 5 heteroatoms. The van der Waals surface area contributed by atoms with Crippen LogP contribution in [0.5, 0.6) is 0 Å². The van der Waals surface area contributed by atoms with Crippen LogP contribution in [0.4, 0.5) is 17.1 Å². The van der Waals surface area contributed by atoms with Gasteiger partial charge in [-0.3, -0.25) is 4.98 Å². The number of halogens is 1. The summed E-state index contributed by atoms with van der Waals surface area (Å²) in [6.07, 6.45) is 1.80. The van der Waals surface area contributed by atoms with Crippen molar-refractivity contribution < 1.29 is 4.74 Å². The predicted octanol–water partition coefficient (Wildman–Crippen LogP) is 4.47. The molecule has 3 aromatic rings. The minimum absolute atomic E-state index is 0.696. The molecule has 2 aromatic carbocycles. The van der Waals surface area contributed by atoms with Gasteiger partial charge in [-0.05, 0) is 42.5 Å². The second-order valence-electron chi connectivity index (χ2n) is 5.79. The molecule has 0 amide bonds. The number of anilines is 3.